The van der Waals surface area contributed by atoms with Gasteiger partial charge >= 0.3 is 0 Å². The van der Waals surface area contributed by atoms with E-state index in [2.05, 4.69) is 40.5 Å². The summed E-state index contributed by atoms with van der Waals surface area (Å²) in [6.45, 7) is 8.42. The Morgan fingerprint density at radius 2 is 2.08 bits per heavy atom. The number of carbonyl (C=O) groups excluding carboxylic acids is 1. The van der Waals surface area contributed by atoms with Gasteiger partial charge in [0.05, 0.1) is 11.6 Å². The van der Waals surface area contributed by atoms with Crippen molar-refractivity contribution in [3.63, 3.8) is 0 Å². The zero-order valence-corrected chi connectivity index (χ0v) is 16.1. The number of carbonyl (C=O) groups is 1. The van der Waals surface area contributed by atoms with Crippen LogP contribution in [-0.4, -0.2) is 35.4 Å². The molecule has 0 aliphatic carbocycles. The molecule has 0 fully saturated rings. The van der Waals surface area contributed by atoms with Gasteiger partial charge in [-0.3, -0.25) is 9.69 Å². The number of hydrogen-bond acceptors (Lipinski definition) is 3. The third kappa shape index (κ3) is 3.66. The smallest absolute Gasteiger partial charge is 0.253 e. The molecule has 3 aromatic rings. The van der Waals surface area contributed by atoms with Crippen LogP contribution in [-0.2, 0) is 0 Å². The molecule has 3 rings (SSSR count). The number of aromatic nitrogens is 1. The number of halogens is 1. The first-order chi connectivity index (χ1) is 12.5. The van der Waals surface area contributed by atoms with Gasteiger partial charge in [-0.05, 0) is 49.7 Å². The molecule has 0 spiro atoms. The van der Waals surface area contributed by atoms with Gasteiger partial charge < -0.3 is 10.3 Å². The minimum Gasteiger partial charge on any atom is -0.358 e. The second kappa shape index (κ2) is 8.01. The number of H-pyrrole nitrogens is 1. The van der Waals surface area contributed by atoms with Crippen LogP contribution in [0, 0.1) is 12.7 Å². The molecule has 1 unspecified atom stereocenters. The Labute approximate surface area is 157 Å². The summed E-state index contributed by atoms with van der Waals surface area (Å²) in [6, 6.07) is 8.74. The minimum absolute atomic E-state index is 0.135. The Bertz CT molecular complexity index is 884. The normalized spacial score (nSPS) is 12.7. The third-order valence-electron chi connectivity index (χ3n) is 4.76. The second-order valence-corrected chi connectivity index (χ2v) is 7.26. The number of amides is 1. The van der Waals surface area contributed by atoms with Gasteiger partial charge in [0.25, 0.3) is 5.91 Å². The van der Waals surface area contributed by atoms with Gasteiger partial charge in [0.15, 0.2) is 0 Å². The summed E-state index contributed by atoms with van der Waals surface area (Å²) in [4.78, 5) is 19.6. The lowest BCUT2D eigenvalue weighted by Gasteiger charge is -2.29. The van der Waals surface area contributed by atoms with Gasteiger partial charge in [-0.2, -0.15) is 0 Å². The van der Waals surface area contributed by atoms with Crippen molar-refractivity contribution in [2.45, 2.75) is 26.8 Å². The maximum Gasteiger partial charge on any atom is 0.253 e. The highest BCUT2D eigenvalue weighted by atomic mass is 32.1. The summed E-state index contributed by atoms with van der Waals surface area (Å²) in [5.74, 6) is -0.516. The van der Waals surface area contributed by atoms with Crippen molar-refractivity contribution in [3.05, 3.63) is 57.7 Å². The number of benzene rings is 1. The zero-order valence-electron chi connectivity index (χ0n) is 15.3. The lowest BCUT2D eigenvalue weighted by atomic mass is 10.1. The SMILES string of the molecule is CCN(CC)C(CNC(=O)c1c(C)[nH]c2ccc(F)cc12)c1cccs1. The van der Waals surface area contributed by atoms with Gasteiger partial charge in [0.1, 0.15) is 5.82 Å². The molecule has 0 saturated carbocycles. The van der Waals surface area contributed by atoms with E-state index in [1.54, 1.807) is 17.4 Å². The summed E-state index contributed by atoms with van der Waals surface area (Å²) in [5, 5.41) is 5.74. The number of nitrogens with zero attached hydrogens (tertiary/aromatic N) is 1. The lowest BCUT2D eigenvalue weighted by Crippen LogP contribution is -2.37. The summed E-state index contributed by atoms with van der Waals surface area (Å²) in [5.41, 5.74) is 2.04. The first-order valence-electron chi connectivity index (χ1n) is 8.88. The molecule has 0 bridgehead atoms. The number of hydrogen-bond donors (Lipinski definition) is 2. The number of aromatic amines is 1. The number of thiophene rings is 1. The van der Waals surface area contributed by atoms with E-state index < -0.39 is 0 Å². The molecule has 1 atom stereocenters. The fraction of sp³-hybridized carbons (Fsp3) is 0.350. The topological polar surface area (TPSA) is 48.1 Å². The molecule has 4 nitrogen and oxygen atoms in total. The van der Waals surface area contributed by atoms with Crippen molar-refractivity contribution in [1.29, 1.82) is 0 Å². The molecule has 0 aliphatic rings. The molecule has 138 valence electrons. The van der Waals surface area contributed by atoms with Crippen LogP contribution in [0.25, 0.3) is 10.9 Å². The van der Waals surface area contributed by atoms with E-state index in [9.17, 15) is 9.18 Å². The first kappa shape index (κ1) is 18.6. The lowest BCUT2D eigenvalue weighted by molar-refractivity contribution is 0.0936. The maximum atomic E-state index is 13.6. The quantitative estimate of drug-likeness (QED) is 0.641. The number of aryl methyl sites for hydroxylation is 1. The van der Waals surface area contributed by atoms with Crippen molar-refractivity contribution in [3.8, 4) is 0 Å². The number of nitrogens with one attached hydrogen (secondary N) is 2. The molecule has 0 aliphatic heterocycles. The van der Waals surface area contributed by atoms with E-state index >= 15 is 0 Å². The summed E-state index contributed by atoms with van der Waals surface area (Å²) < 4.78 is 13.6. The molecule has 2 aromatic heterocycles. The zero-order chi connectivity index (χ0) is 18.7. The highest BCUT2D eigenvalue weighted by molar-refractivity contribution is 7.10. The Balaban J connectivity index is 1.83. The minimum atomic E-state index is -0.342. The predicted octanol–water partition coefficient (Wildman–Crippen LogP) is 4.49. The largest absolute Gasteiger partial charge is 0.358 e. The molecule has 6 heteroatoms. The van der Waals surface area contributed by atoms with E-state index in [0.29, 0.717) is 17.5 Å². The van der Waals surface area contributed by atoms with E-state index in [1.165, 1.54) is 17.0 Å². The van der Waals surface area contributed by atoms with Crippen LogP contribution in [0.15, 0.2) is 35.7 Å². The summed E-state index contributed by atoms with van der Waals surface area (Å²) in [6.07, 6.45) is 0. The van der Waals surface area contributed by atoms with Gasteiger partial charge in [0, 0.05) is 28.0 Å². The molecule has 0 radical (unpaired) electrons. The van der Waals surface area contributed by atoms with Gasteiger partial charge in [0.2, 0.25) is 0 Å². The molecule has 1 aromatic carbocycles. The van der Waals surface area contributed by atoms with Crippen LogP contribution >= 0.6 is 11.3 Å². The highest BCUT2D eigenvalue weighted by Crippen LogP contribution is 2.26. The Kier molecular flexibility index (Phi) is 5.74. The van der Waals surface area contributed by atoms with Crippen molar-refractivity contribution in [1.82, 2.24) is 15.2 Å². The second-order valence-electron chi connectivity index (χ2n) is 6.28. The van der Waals surface area contributed by atoms with E-state index in [0.717, 1.165) is 24.3 Å². The standard InChI is InChI=1S/C20H24FN3OS/c1-4-24(5-2)17(18-7-6-10-26-18)12-22-20(25)19-13(3)23-16-9-8-14(21)11-15(16)19/h6-11,17,23H,4-5,12H2,1-3H3,(H,22,25). The monoisotopic (exact) mass is 373 g/mol. The Morgan fingerprint density at radius 1 is 1.31 bits per heavy atom. The molecule has 2 heterocycles. The van der Waals surface area contributed by atoms with Gasteiger partial charge in [-0.15, -0.1) is 11.3 Å². The Hall–Kier alpha value is -2.18. The highest BCUT2D eigenvalue weighted by Gasteiger charge is 2.22. The number of likely N-dealkylation sites (N-methyl/N-ethyl adjacent to an activating group) is 1. The van der Waals surface area contributed by atoms with Crippen molar-refractivity contribution in [2.24, 2.45) is 0 Å². The Morgan fingerprint density at radius 3 is 2.73 bits per heavy atom. The first-order valence-corrected chi connectivity index (χ1v) is 9.76. The summed E-state index contributed by atoms with van der Waals surface area (Å²) >= 11 is 1.70. The van der Waals surface area contributed by atoms with Crippen molar-refractivity contribution < 1.29 is 9.18 Å². The molecular weight excluding hydrogens is 349 g/mol. The average Bonchev–Trinajstić information content (AvgIpc) is 3.25. The fourth-order valence-electron chi connectivity index (χ4n) is 3.42. The molecular formula is C20H24FN3OS. The van der Waals surface area contributed by atoms with Crippen LogP contribution < -0.4 is 5.32 Å². The van der Waals surface area contributed by atoms with Gasteiger partial charge in [-0.25, -0.2) is 4.39 Å². The van der Waals surface area contributed by atoms with E-state index in [-0.39, 0.29) is 17.8 Å². The molecule has 0 saturated heterocycles. The number of fused-ring (bicyclic) bond motifs is 1. The van der Waals surface area contributed by atoms with Crippen LogP contribution in [0.2, 0.25) is 0 Å². The van der Waals surface area contributed by atoms with E-state index in [4.69, 9.17) is 0 Å². The molecule has 1 amide bonds. The molecule has 2 N–H and O–H groups in total. The average molecular weight is 373 g/mol. The van der Waals surface area contributed by atoms with E-state index in [1.807, 2.05) is 13.0 Å². The van der Waals surface area contributed by atoms with Crippen molar-refractivity contribution >= 4 is 28.1 Å². The molecule has 26 heavy (non-hydrogen) atoms. The van der Waals surface area contributed by atoms with Crippen LogP contribution in [0.1, 0.15) is 40.8 Å². The fourth-order valence-corrected chi connectivity index (χ4v) is 4.28. The predicted molar refractivity (Wildman–Crippen MR) is 105 cm³/mol. The van der Waals surface area contributed by atoms with Crippen LogP contribution in [0.5, 0.6) is 0 Å². The number of rotatable bonds is 7. The van der Waals surface area contributed by atoms with Crippen molar-refractivity contribution in [2.75, 3.05) is 19.6 Å². The summed E-state index contributed by atoms with van der Waals surface area (Å²) in [7, 11) is 0. The third-order valence-corrected chi connectivity index (χ3v) is 5.73. The van der Waals surface area contributed by atoms with Crippen LogP contribution in [0.3, 0.4) is 0 Å². The van der Waals surface area contributed by atoms with Crippen LogP contribution in [0.4, 0.5) is 4.39 Å². The maximum absolute atomic E-state index is 13.6. The van der Waals surface area contributed by atoms with Gasteiger partial charge in [-0.1, -0.05) is 19.9 Å².